The van der Waals surface area contributed by atoms with Gasteiger partial charge in [-0.1, -0.05) is 26.0 Å². The molecule has 1 aliphatic heterocycles. The molecule has 0 spiro atoms. The zero-order valence-electron chi connectivity index (χ0n) is 8.99. The van der Waals surface area contributed by atoms with E-state index in [9.17, 15) is 0 Å². The minimum atomic E-state index is 0.664. The molecule has 0 unspecified atom stereocenters. The lowest BCUT2D eigenvalue weighted by Gasteiger charge is -2.17. The molecule has 1 aromatic carbocycles. The van der Waals surface area contributed by atoms with E-state index < -0.39 is 0 Å². The zero-order chi connectivity index (χ0) is 10.8. The molecule has 0 atom stereocenters. The van der Waals surface area contributed by atoms with E-state index >= 15 is 0 Å². The number of hydrogen-bond acceptors (Lipinski definition) is 3. The predicted octanol–water partition coefficient (Wildman–Crippen LogP) is 3.03. The molecule has 2 rings (SSSR count). The van der Waals surface area contributed by atoms with Crippen molar-refractivity contribution < 1.29 is 9.47 Å². The number of hydrogen-bond donors (Lipinski definition) is 1. The smallest absolute Gasteiger partial charge is 0.161 e. The van der Waals surface area contributed by atoms with Crippen LogP contribution < -0.4 is 9.47 Å². The first-order valence-corrected chi connectivity index (χ1v) is 5.65. The van der Waals surface area contributed by atoms with E-state index in [-0.39, 0.29) is 0 Å². The van der Waals surface area contributed by atoms with E-state index in [4.69, 9.17) is 9.47 Å². The van der Waals surface area contributed by atoms with Crippen LogP contribution in [0.1, 0.15) is 13.8 Å². The fourth-order valence-corrected chi connectivity index (χ4v) is 0.992. The van der Waals surface area contributed by atoms with Gasteiger partial charge in [0.1, 0.15) is 13.2 Å². The van der Waals surface area contributed by atoms with Gasteiger partial charge in [-0.3, -0.25) is 0 Å². The molecule has 0 N–H and O–H groups in total. The van der Waals surface area contributed by atoms with Crippen LogP contribution in [0.2, 0.25) is 0 Å². The maximum Gasteiger partial charge on any atom is 0.161 e. The third-order valence-corrected chi connectivity index (χ3v) is 1.45. The first kappa shape index (κ1) is 13.2. The van der Waals surface area contributed by atoms with E-state index in [1.807, 2.05) is 38.1 Å². The Labute approximate surface area is 91.6 Å². The van der Waals surface area contributed by atoms with Gasteiger partial charge < -0.3 is 9.47 Å². The van der Waals surface area contributed by atoms with E-state index in [1.54, 1.807) is 6.26 Å². The van der Waals surface area contributed by atoms with Gasteiger partial charge >= 0.3 is 0 Å². The monoisotopic (exact) mass is 214 g/mol. The summed E-state index contributed by atoms with van der Waals surface area (Å²) >= 11 is 3.53. The highest BCUT2D eigenvalue weighted by atomic mass is 32.1. The molecule has 0 amide bonds. The molecule has 0 saturated carbocycles. The van der Waals surface area contributed by atoms with Crippen LogP contribution in [0.5, 0.6) is 11.5 Å². The topological polar surface area (TPSA) is 18.5 Å². The van der Waals surface area contributed by atoms with Crippen LogP contribution >= 0.6 is 12.6 Å². The average Bonchev–Trinajstić information content (AvgIpc) is 2.34. The lowest BCUT2D eigenvalue weighted by atomic mass is 10.3. The molecule has 0 bridgehead atoms. The molecule has 3 heteroatoms. The van der Waals surface area contributed by atoms with Crippen LogP contribution in [0.3, 0.4) is 0 Å². The average molecular weight is 214 g/mol. The number of rotatable bonds is 0. The molecule has 1 aromatic rings. The number of para-hydroxylation sites is 2. The van der Waals surface area contributed by atoms with Crippen molar-refractivity contribution in [2.45, 2.75) is 13.8 Å². The summed E-state index contributed by atoms with van der Waals surface area (Å²) in [4.78, 5) is 0. The summed E-state index contributed by atoms with van der Waals surface area (Å²) in [6, 6.07) is 7.70. The molecular weight excluding hydrogens is 196 g/mol. The van der Waals surface area contributed by atoms with Gasteiger partial charge in [0.25, 0.3) is 0 Å². The van der Waals surface area contributed by atoms with Crippen molar-refractivity contribution in [1.29, 1.82) is 0 Å². The van der Waals surface area contributed by atoms with Gasteiger partial charge in [-0.2, -0.15) is 12.6 Å². The van der Waals surface area contributed by atoms with Crippen LogP contribution in [0.25, 0.3) is 0 Å². The third-order valence-electron chi connectivity index (χ3n) is 1.45. The molecule has 1 heterocycles. The van der Waals surface area contributed by atoms with Gasteiger partial charge in [-0.15, -0.1) is 0 Å². The normalized spacial score (nSPS) is 11.4. The molecular formula is C11H18O2S. The summed E-state index contributed by atoms with van der Waals surface area (Å²) in [5.74, 6) is 1.71. The van der Waals surface area contributed by atoms with Crippen LogP contribution in [0, 0.1) is 0 Å². The van der Waals surface area contributed by atoms with Gasteiger partial charge in [0, 0.05) is 0 Å². The molecule has 1 aliphatic rings. The Morgan fingerprint density at radius 3 is 1.64 bits per heavy atom. The standard InChI is InChI=1S/C8H8O2.C2H6.CH4S/c1-2-4-8-7(3-1)9-5-6-10-8;2*1-2/h1-4H,5-6H2;1-2H3;2H,1H3. The number of fused-ring (bicyclic) bond motifs is 1. The lowest BCUT2D eigenvalue weighted by Crippen LogP contribution is -2.14. The second-order valence-corrected chi connectivity index (χ2v) is 2.14. The van der Waals surface area contributed by atoms with Gasteiger partial charge in [-0.25, -0.2) is 0 Å². The van der Waals surface area contributed by atoms with E-state index in [0.29, 0.717) is 13.2 Å². The lowest BCUT2D eigenvalue weighted by molar-refractivity contribution is 0.171. The Morgan fingerprint density at radius 2 is 1.29 bits per heavy atom. The third kappa shape index (κ3) is 3.92. The Kier molecular flexibility index (Phi) is 8.24. The van der Waals surface area contributed by atoms with Gasteiger partial charge in [0.05, 0.1) is 0 Å². The highest BCUT2D eigenvalue weighted by Crippen LogP contribution is 2.28. The van der Waals surface area contributed by atoms with Gasteiger partial charge in [0.2, 0.25) is 0 Å². The quantitative estimate of drug-likeness (QED) is 0.669. The Hall–Kier alpha value is -0.830. The van der Waals surface area contributed by atoms with Crippen molar-refractivity contribution in [3.05, 3.63) is 24.3 Å². The molecule has 0 radical (unpaired) electrons. The molecule has 0 fully saturated rings. The molecule has 0 aliphatic carbocycles. The maximum atomic E-state index is 5.30. The van der Waals surface area contributed by atoms with Crippen molar-refractivity contribution in [3.8, 4) is 11.5 Å². The fraction of sp³-hybridized carbons (Fsp3) is 0.455. The van der Waals surface area contributed by atoms with Crippen LogP contribution in [-0.4, -0.2) is 19.5 Å². The molecule has 0 aromatic heterocycles. The first-order chi connectivity index (χ1) is 6.97. The SMILES string of the molecule is CC.CS.c1ccc2c(c1)OCCO2. The van der Waals surface area contributed by atoms with E-state index in [2.05, 4.69) is 12.6 Å². The minimum absolute atomic E-state index is 0.664. The zero-order valence-corrected chi connectivity index (χ0v) is 9.88. The van der Waals surface area contributed by atoms with Crippen molar-refractivity contribution in [2.24, 2.45) is 0 Å². The second kappa shape index (κ2) is 8.75. The van der Waals surface area contributed by atoms with E-state index in [1.165, 1.54) is 0 Å². The summed E-state index contributed by atoms with van der Waals surface area (Å²) in [5.41, 5.74) is 0. The predicted molar refractivity (Wildman–Crippen MR) is 63.7 cm³/mol. The Bertz CT molecular complexity index is 213. The fourth-order valence-electron chi connectivity index (χ4n) is 0.992. The highest BCUT2D eigenvalue weighted by molar-refractivity contribution is 7.79. The summed E-state index contributed by atoms with van der Waals surface area (Å²) in [7, 11) is 0. The second-order valence-electron chi connectivity index (χ2n) is 2.14. The maximum absolute atomic E-state index is 5.30. The Morgan fingerprint density at radius 1 is 0.929 bits per heavy atom. The molecule has 14 heavy (non-hydrogen) atoms. The summed E-state index contributed by atoms with van der Waals surface area (Å²) in [6.45, 7) is 5.33. The van der Waals surface area contributed by atoms with E-state index in [0.717, 1.165) is 11.5 Å². The number of thiol groups is 1. The summed E-state index contributed by atoms with van der Waals surface area (Å²) in [6.07, 6.45) is 1.69. The van der Waals surface area contributed by atoms with Crippen LogP contribution in [0.4, 0.5) is 0 Å². The number of ether oxygens (including phenoxy) is 2. The van der Waals surface area contributed by atoms with Gasteiger partial charge in [-0.05, 0) is 18.4 Å². The van der Waals surface area contributed by atoms with Crippen LogP contribution in [-0.2, 0) is 0 Å². The summed E-state index contributed by atoms with van der Waals surface area (Å²) in [5, 5.41) is 0. The van der Waals surface area contributed by atoms with Crippen molar-refractivity contribution in [1.82, 2.24) is 0 Å². The number of benzene rings is 1. The highest BCUT2D eigenvalue weighted by Gasteiger charge is 2.07. The van der Waals surface area contributed by atoms with Crippen molar-refractivity contribution in [3.63, 3.8) is 0 Å². The minimum Gasteiger partial charge on any atom is -0.486 e. The molecule has 2 nitrogen and oxygen atoms in total. The molecule has 80 valence electrons. The Balaban J connectivity index is 0.000000379. The van der Waals surface area contributed by atoms with Crippen LogP contribution in [0.15, 0.2) is 24.3 Å². The largest absolute Gasteiger partial charge is 0.486 e. The van der Waals surface area contributed by atoms with Crippen molar-refractivity contribution >= 4 is 12.6 Å². The first-order valence-electron chi connectivity index (χ1n) is 4.76. The van der Waals surface area contributed by atoms with Crippen molar-refractivity contribution in [2.75, 3.05) is 19.5 Å². The van der Waals surface area contributed by atoms with Gasteiger partial charge in [0.15, 0.2) is 11.5 Å². The summed E-state index contributed by atoms with van der Waals surface area (Å²) < 4.78 is 10.6. The molecule has 0 saturated heterocycles.